The third-order valence-corrected chi connectivity index (χ3v) is 7.89. The lowest BCUT2D eigenvalue weighted by Gasteiger charge is -2.15. The number of carboxylic acids is 3. The van der Waals surface area contributed by atoms with Gasteiger partial charge >= 0.3 is 17.9 Å². The predicted octanol–water partition coefficient (Wildman–Crippen LogP) is 3.46. The van der Waals surface area contributed by atoms with Gasteiger partial charge < -0.3 is 24.6 Å². The van der Waals surface area contributed by atoms with Crippen molar-refractivity contribution in [3.05, 3.63) is 95.2 Å². The highest BCUT2D eigenvalue weighted by Crippen LogP contribution is 2.26. The van der Waals surface area contributed by atoms with Crippen molar-refractivity contribution in [1.82, 2.24) is 9.29 Å². The highest BCUT2D eigenvalue weighted by atomic mass is 32.2. The van der Waals surface area contributed by atoms with E-state index in [0.29, 0.717) is 22.2 Å². The number of rotatable bonds is 12. The second kappa shape index (κ2) is 12.6. The lowest BCUT2D eigenvalue weighted by atomic mass is 10.0. The standard InChI is InChI=1S/C30H26N2O9S/c1-2-3-14-41-23-9-11-24(12-10-23)42(39,40)31-26(30(37)38)16-22-18-32(17-19-4-6-20(7-5-19)28(33)34)27-13-8-21(29(35)36)15-25(22)27/h4-13,15,18,26,31H,14,16-17H2,1H3,(H,33,34)(H,35,36)(H,37,38)/t26-/m0/s1. The van der Waals surface area contributed by atoms with Gasteiger partial charge in [0.1, 0.15) is 18.4 Å². The number of nitrogens with one attached hydrogen (secondary N) is 1. The van der Waals surface area contributed by atoms with E-state index in [1.54, 1.807) is 35.9 Å². The van der Waals surface area contributed by atoms with Gasteiger partial charge in [-0.3, -0.25) is 4.79 Å². The van der Waals surface area contributed by atoms with Crippen LogP contribution in [0.5, 0.6) is 5.75 Å². The lowest BCUT2D eigenvalue weighted by molar-refractivity contribution is -0.138. The third kappa shape index (κ3) is 6.95. The average molecular weight is 591 g/mol. The fourth-order valence-corrected chi connectivity index (χ4v) is 5.50. The molecule has 3 aromatic carbocycles. The topological polar surface area (TPSA) is 172 Å². The van der Waals surface area contributed by atoms with Crippen molar-refractivity contribution in [1.29, 1.82) is 0 Å². The van der Waals surface area contributed by atoms with Crippen LogP contribution in [0.4, 0.5) is 0 Å². The molecule has 0 spiro atoms. The Morgan fingerprint density at radius 1 is 0.929 bits per heavy atom. The Hall–Kier alpha value is -5.12. The molecule has 42 heavy (non-hydrogen) atoms. The zero-order valence-electron chi connectivity index (χ0n) is 22.3. The fraction of sp³-hybridized carbons (Fsp3) is 0.167. The summed E-state index contributed by atoms with van der Waals surface area (Å²) in [5, 5.41) is 29.0. The molecule has 4 aromatic rings. The highest BCUT2D eigenvalue weighted by molar-refractivity contribution is 7.89. The molecule has 0 unspecified atom stereocenters. The summed E-state index contributed by atoms with van der Waals surface area (Å²) in [4.78, 5) is 34.9. The molecule has 0 aliphatic rings. The lowest BCUT2D eigenvalue weighted by Crippen LogP contribution is -2.42. The molecular weight excluding hydrogens is 564 g/mol. The van der Waals surface area contributed by atoms with E-state index in [4.69, 9.17) is 9.84 Å². The highest BCUT2D eigenvalue weighted by Gasteiger charge is 2.27. The summed E-state index contributed by atoms with van der Waals surface area (Å²) in [6, 6.07) is 14.5. The van der Waals surface area contributed by atoms with Gasteiger partial charge in [0.25, 0.3) is 0 Å². The minimum absolute atomic E-state index is 0.0213. The zero-order chi connectivity index (χ0) is 30.4. The van der Waals surface area contributed by atoms with Crippen LogP contribution in [-0.4, -0.2) is 58.9 Å². The number of sulfonamides is 1. The van der Waals surface area contributed by atoms with Gasteiger partial charge in [-0.05, 0) is 72.6 Å². The van der Waals surface area contributed by atoms with E-state index in [1.165, 1.54) is 48.5 Å². The van der Waals surface area contributed by atoms with E-state index in [0.717, 1.165) is 5.56 Å². The van der Waals surface area contributed by atoms with Crippen LogP contribution in [0.2, 0.25) is 0 Å². The number of aliphatic carboxylic acids is 1. The summed E-state index contributed by atoms with van der Waals surface area (Å²) >= 11 is 0. The molecule has 216 valence electrons. The minimum Gasteiger partial charge on any atom is -0.481 e. The molecule has 0 radical (unpaired) electrons. The van der Waals surface area contributed by atoms with Crippen LogP contribution in [0.1, 0.15) is 38.8 Å². The minimum atomic E-state index is -4.26. The molecule has 1 aromatic heterocycles. The second-order valence-electron chi connectivity index (χ2n) is 9.22. The van der Waals surface area contributed by atoms with Gasteiger partial charge in [0.15, 0.2) is 0 Å². The molecule has 4 N–H and O–H groups in total. The molecular formula is C30H26N2O9S. The molecule has 0 saturated carbocycles. The van der Waals surface area contributed by atoms with Gasteiger partial charge in [0.05, 0.1) is 16.0 Å². The maximum Gasteiger partial charge on any atom is 0.335 e. The number of benzene rings is 3. The SMILES string of the molecule is CC#CCOc1ccc(S(=O)(=O)N[C@@H](Cc2cn(Cc3ccc(C(=O)O)cc3)c3ccc(C(=O)O)cc23)C(=O)O)cc1. The van der Waals surface area contributed by atoms with Gasteiger partial charge in [0, 0.05) is 30.1 Å². The predicted molar refractivity (Wildman–Crippen MR) is 152 cm³/mol. The summed E-state index contributed by atoms with van der Waals surface area (Å²) in [6.45, 7) is 2.06. The number of carbonyl (C=O) groups is 3. The molecule has 12 heteroatoms. The van der Waals surface area contributed by atoms with Gasteiger partial charge in [0.2, 0.25) is 10.0 Å². The first-order valence-corrected chi connectivity index (χ1v) is 14.0. The number of aromatic carboxylic acids is 2. The first-order chi connectivity index (χ1) is 20.0. The number of hydrogen-bond acceptors (Lipinski definition) is 6. The van der Waals surface area contributed by atoms with Gasteiger partial charge in [-0.2, -0.15) is 4.72 Å². The maximum absolute atomic E-state index is 13.1. The summed E-state index contributed by atoms with van der Waals surface area (Å²) in [7, 11) is -4.26. The van der Waals surface area contributed by atoms with E-state index in [2.05, 4.69) is 16.6 Å². The van der Waals surface area contributed by atoms with E-state index in [-0.39, 0.29) is 35.6 Å². The number of nitrogens with zero attached hydrogens (tertiary/aromatic N) is 1. The Bertz CT molecular complexity index is 1810. The average Bonchev–Trinajstić information content (AvgIpc) is 3.29. The van der Waals surface area contributed by atoms with Gasteiger partial charge in [-0.15, -0.1) is 5.92 Å². The first-order valence-electron chi connectivity index (χ1n) is 12.5. The Balaban J connectivity index is 1.64. The molecule has 0 saturated heterocycles. The van der Waals surface area contributed by atoms with E-state index < -0.39 is 34.0 Å². The fourth-order valence-electron chi connectivity index (χ4n) is 4.31. The quantitative estimate of drug-likeness (QED) is 0.180. The molecule has 0 fully saturated rings. The van der Waals surface area contributed by atoms with Crippen molar-refractivity contribution in [2.24, 2.45) is 0 Å². The van der Waals surface area contributed by atoms with E-state index in [1.807, 2.05) is 0 Å². The molecule has 1 atom stereocenters. The summed E-state index contributed by atoms with van der Waals surface area (Å²) < 4.78 is 35.5. The Morgan fingerprint density at radius 2 is 1.57 bits per heavy atom. The summed E-state index contributed by atoms with van der Waals surface area (Å²) in [6.07, 6.45) is 1.35. The number of carboxylic acid groups (broad SMARTS) is 3. The molecule has 0 bridgehead atoms. The van der Waals surface area contributed by atoms with Gasteiger partial charge in [-0.25, -0.2) is 18.0 Å². The first kappa shape index (κ1) is 29.9. The molecule has 0 aliphatic heterocycles. The van der Waals surface area contributed by atoms with Crippen molar-refractivity contribution < 1.29 is 42.9 Å². The smallest absolute Gasteiger partial charge is 0.335 e. The summed E-state index contributed by atoms with van der Waals surface area (Å²) in [5.41, 5.74) is 1.84. The largest absolute Gasteiger partial charge is 0.481 e. The van der Waals surface area contributed by atoms with Crippen LogP contribution < -0.4 is 9.46 Å². The second-order valence-corrected chi connectivity index (χ2v) is 10.9. The van der Waals surface area contributed by atoms with Crippen LogP contribution in [0.25, 0.3) is 10.9 Å². The molecule has 0 amide bonds. The molecule has 11 nitrogen and oxygen atoms in total. The monoisotopic (exact) mass is 590 g/mol. The number of hydrogen-bond donors (Lipinski definition) is 4. The van der Waals surface area contributed by atoms with Crippen molar-refractivity contribution in [2.75, 3.05) is 6.61 Å². The van der Waals surface area contributed by atoms with Crippen molar-refractivity contribution in [2.45, 2.75) is 30.8 Å². The number of ether oxygens (including phenoxy) is 1. The Kier molecular flexibility index (Phi) is 8.95. The van der Waals surface area contributed by atoms with Crippen LogP contribution in [0, 0.1) is 11.8 Å². The van der Waals surface area contributed by atoms with Gasteiger partial charge in [-0.1, -0.05) is 18.1 Å². The normalized spacial score (nSPS) is 11.8. The van der Waals surface area contributed by atoms with Crippen molar-refractivity contribution in [3.8, 4) is 17.6 Å². The zero-order valence-corrected chi connectivity index (χ0v) is 23.1. The number of fused-ring (bicyclic) bond motifs is 1. The third-order valence-electron chi connectivity index (χ3n) is 6.41. The van der Waals surface area contributed by atoms with Crippen LogP contribution >= 0.6 is 0 Å². The Morgan fingerprint density at radius 3 is 2.17 bits per heavy atom. The molecule has 1 heterocycles. The summed E-state index contributed by atoms with van der Waals surface area (Å²) in [5.74, 6) is 2.13. The molecule has 4 rings (SSSR count). The van der Waals surface area contributed by atoms with E-state index >= 15 is 0 Å². The van der Waals surface area contributed by atoms with Crippen molar-refractivity contribution in [3.63, 3.8) is 0 Å². The van der Waals surface area contributed by atoms with Crippen LogP contribution in [0.3, 0.4) is 0 Å². The van der Waals surface area contributed by atoms with E-state index in [9.17, 15) is 33.0 Å². The Labute approximate surface area is 241 Å². The number of aromatic nitrogens is 1. The van der Waals surface area contributed by atoms with Crippen LogP contribution in [0.15, 0.2) is 77.8 Å². The maximum atomic E-state index is 13.1. The molecule has 0 aliphatic carbocycles. The van der Waals surface area contributed by atoms with Crippen LogP contribution in [-0.2, 0) is 27.8 Å². The van der Waals surface area contributed by atoms with Crippen molar-refractivity contribution >= 4 is 38.8 Å².